The molecule has 0 radical (unpaired) electrons. The zero-order valence-corrected chi connectivity index (χ0v) is 18.9. The van der Waals surface area contributed by atoms with E-state index in [1.165, 1.54) is 0 Å². The van der Waals surface area contributed by atoms with Gasteiger partial charge in [0.2, 0.25) is 0 Å². The van der Waals surface area contributed by atoms with Crippen LogP contribution >= 0.6 is 0 Å². The maximum atomic E-state index is 14.7. The number of amides is 1. The number of carbonyl (C=O) groups excluding carboxylic acids is 2. The smallest absolute Gasteiger partial charge is 0.300 e. The van der Waals surface area contributed by atoms with Gasteiger partial charge in [-0.25, -0.2) is 8.78 Å². The minimum atomic E-state index is -1.11. The van der Waals surface area contributed by atoms with Gasteiger partial charge in [-0.1, -0.05) is 44.2 Å². The van der Waals surface area contributed by atoms with Gasteiger partial charge in [-0.15, -0.1) is 0 Å². The first-order chi connectivity index (χ1) is 16.2. The van der Waals surface area contributed by atoms with Gasteiger partial charge in [0.05, 0.1) is 24.4 Å². The van der Waals surface area contributed by atoms with Gasteiger partial charge in [-0.2, -0.15) is 0 Å². The normalized spacial score (nSPS) is 17.5. The van der Waals surface area contributed by atoms with Crippen molar-refractivity contribution in [1.29, 1.82) is 0 Å². The number of rotatable bonds is 5. The van der Waals surface area contributed by atoms with Crippen LogP contribution in [-0.2, 0) is 9.59 Å². The quantitative estimate of drug-likeness (QED) is 0.298. The topological polar surface area (TPSA) is 66.8 Å². The third-order valence-electron chi connectivity index (χ3n) is 5.85. The highest BCUT2D eigenvalue weighted by Crippen LogP contribution is 2.43. The van der Waals surface area contributed by atoms with Gasteiger partial charge in [0.15, 0.2) is 0 Å². The molecule has 0 bridgehead atoms. The molecule has 0 saturated carbocycles. The molecule has 1 N–H and O–H groups in total. The van der Waals surface area contributed by atoms with Crippen molar-refractivity contribution in [2.24, 2.45) is 0 Å². The molecule has 0 aromatic heterocycles. The van der Waals surface area contributed by atoms with E-state index in [4.69, 9.17) is 4.74 Å². The number of hydrogen-bond acceptors (Lipinski definition) is 4. The SMILES string of the molecule is COc1ccc(/C(O)=C2/C(=O)C(=O)N(c3ccc(F)cc3F)C2c2ccccc2)cc1C(C)C. The van der Waals surface area contributed by atoms with Gasteiger partial charge in [0.1, 0.15) is 23.1 Å². The van der Waals surface area contributed by atoms with Crippen molar-refractivity contribution in [3.8, 4) is 5.75 Å². The predicted octanol–water partition coefficient (Wildman–Crippen LogP) is 5.72. The minimum Gasteiger partial charge on any atom is -0.507 e. The lowest BCUT2D eigenvalue weighted by Crippen LogP contribution is -2.30. The van der Waals surface area contributed by atoms with Gasteiger partial charge < -0.3 is 9.84 Å². The van der Waals surface area contributed by atoms with E-state index in [1.54, 1.807) is 55.6 Å². The molecule has 1 atom stereocenters. The maximum absolute atomic E-state index is 14.7. The third kappa shape index (κ3) is 3.94. The summed E-state index contributed by atoms with van der Waals surface area (Å²) in [6.07, 6.45) is 0. The summed E-state index contributed by atoms with van der Waals surface area (Å²) >= 11 is 0. The molecular weight excluding hydrogens is 440 g/mol. The van der Waals surface area contributed by atoms with Crippen LogP contribution in [0.3, 0.4) is 0 Å². The second kappa shape index (κ2) is 9.09. The average molecular weight is 463 g/mol. The van der Waals surface area contributed by atoms with Crippen molar-refractivity contribution in [1.82, 2.24) is 0 Å². The van der Waals surface area contributed by atoms with Crippen LogP contribution in [0, 0.1) is 11.6 Å². The fraction of sp³-hybridized carbons (Fsp3) is 0.185. The summed E-state index contributed by atoms with van der Waals surface area (Å²) in [7, 11) is 1.54. The molecule has 174 valence electrons. The number of ether oxygens (including phenoxy) is 1. The highest BCUT2D eigenvalue weighted by atomic mass is 19.1. The lowest BCUT2D eigenvalue weighted by Gasteiger charge is -2.25. The molecule has 1 heterocycles. The molecule has 0 aliphatic carbocycles. The summed E-state index contributed by atoms with van der Waals surface area (Å²) in [5, 5.41) is 11.3. The number of benzene rings is 3. The van der Waals surface area contributed by atoms with Crippen molar-refractivity contribution in [3.63, 3.8) is 0 Å². The van der Waals surface area contributed by atoms with Crippen LogP contribution in [0.2, 0.25) is 0 Å². The molecule has 5 nitrogen and oxygen atoms in total. The zero-order valence-electron chi connectivity index (χ0n) is 18.9. The third-order valence-corrected chi connectivity index (χ3v) is 5.85. The van der Waals surface area contributed by atoms with Crippen LogP contribution in [0.5, 0.6) is 5.75 Å². The molecule has 1 unspecified atom stereocenters. The Balaban J connectivity index is 1.95. The highest BCUT2D eigenvalue weighted by molar-refractivity contribution is 6.51. The number of aliphatic hydroxyl groups is 1. The van der Waals surface area contributed by atoms with Crippen LogP contribution in [0.15, 0.2) is 72.3 Å². The maximum Gasteiger partial charge on any atom is 0.300 e. The summed E-state index contributed by atoms with van der Waals surface area (Å²) in [6, 6.07) is 15.2. The number of aliphatic hydroxyl groups excluding tert-OH is 1. The molecule has 1 amide bonds. The van der Waals surface area contributed by atoms with E-state index in [2.05, 4.69) is 0 Å². The number of ketones is 1. The summed E-state index contributed by atoms with van der Waals surface area (Å²) in [5.41, 5.74) is 1.18. The second-order valence-corrected chi connectivity index (χ2v) is 8.29. The van der Waals surface area contributed by atoms with Gasteiger partial charge >= 0.3 is 0 Å². The molecule has 1 fully saturated rings. The van der Waals surface area contributed by atoms with Crippen molar-refractivity contribution >= 4 is 23.1 Å². The Kier molecular flexibility index (Phi) is 6.20. The second-order valence-electron chi connectivity index (χ2n) is 8.29. The van der Waals surface area contributed by atoms with E-state index in [9.17, 15) is 23.5 Å². The van der Waals surface area contributed by atoms with Gasteiger partial charge in [0.25, 0.3) is 11.7 Å². The Labute approximate surface area is 195 Å². The van der Waals surface area contributed by atoms with Crippen LogP contribution in [0.25, 0.3) is 5.76 Å². The van der Waals surface area contributed by atoms with E-state index < -0.39 is 29.4 Å². The fourth-order valence-corrected chi connectivity index (χ4v) is 4.20. The summed E-state index contributed by atoms with van der Waals surface area (Å²) in [6.45, 7) is 3.92. The van der Waals surface area contributed by atoms with Crippen molar-refractivity contribution in [3.05, 3.63) is 101 Å². The Morgan fingerprint density at radius 3 is 2.32 bits per heavy atom. The van der Waals surface area contributed by atoms with E-state index in [-0.39, 0.29) is 22.9 Å². The van der Waals surface area contributed by atoms with Crippen LogP contribution in [-0.4, -0.2) is 23.9 Å². The molecular formula is C27H23F2NO4. The number of methoxy groups -OCH3 is 1. The van der Waals surface area contributed by atoms with Crippen molar-refractivity contribution in [2.75, 3.05) is 12.0 Å². The van der Waals surface area contributed by atoms with Crippen molar-refractivity contribution in [2.45, 2.75) is 25.8 Å². The largest absolute Gasteiger partial charge is 0.507 e. The highest BCUT2D eigenvalue weighted by Gasteiger charge is 2.47. The first-order valence-corrected chi connectivity index (χ1v) is 10.7. The molecule has 1 aliphatic rings. The number of nitrogens with zero attached hydrogens (tertiary/aromatic N) is 1. The van der Waals surface area contributed by atoms with Crippen LogP contribution in [0.4, 0.5) is 14.5 Å². The van der Waals surface area contributed by atoms with Gasteiger partial charge in [0, 0.05) is 11.6 Å². The van der Waals surface area contributed by atoms with E-state index in [0.29, 0.717) is 22.9 Å². The molecule has 0 spiro atoms. The molecule has 1 aliphatic heterocycles. The Bertz CT molecular complexity index is 1300. The molecule has 34 heavy (non-hydrogen) atoms. The molecule has 3 aromatic rings. The first-order valence-electron chi connectivity index (χ1n) is 10.7. The number of carbonyl (C=O) groups is 2. The fourth-order valence-electron chi connectivity index (χ4n) is 4.20. The van der Waals surface area contributed by atoms with E-state index in [0.717, 1.165) is 22.6 Å². The van der Waals surface area contributed by atoms with Crippen LogP contribution < -0.4 is 9.64 Å². The number of hydrogen-bond donors (Lipinski definition) is 1. The standard InChI is InChI=1S/C27H23F2NO4/c1-15(2)19-13-17(9-12-22(19)34-3)25(31)23-24(16-7-5-4-6-8-16)30(27(33)26(23)32)21-11-10-18(28)14-20(21)29/h4-15,24,31H,1-3H3/b25-23-. The van der Waals surface area contributed by atoms with Crippen LogP contribution in [0.1, 0.15) is 42.5 Å². The number of halogens is 2. The van der Waals surface area contributed by atoms with E-state index >= 15 is 0 Å². The first kappa shape index (κ1) is 23.2. The zero-order chi connectivity index (χ0) is 24.6. The molecule has 3 aromatic carbocycles. The predicted molar refractivity (Wildman–Crippen MR) is 125 cm³/mol. The molecule has 1 saturated heterocycles. The Hall–Kier alpha value is -4.00. The molecule has 4 rings (SSSR count). The Morgan fingerprint density at radius 2 is 1.71 bits per heavy atom. The van der Waals surface area contributed by atoms with Crippen molar-refractivity contribution < 1.29 is 28.2 Å². The van der Waals surface area contributed by atoms with E-state index in [1.807, 2.05) is 13.8 Å². The van der Waals surface area contributed by atoms with Gasteiger partial charge in [-0.3, -0.25) is 14.5 Å². The monoisotopic (exact) mass is 463 g/mol. The number of Topliss-reactive ketones (excluding diaryl/α,β-unsaturated/α-hetero) is 1. The molecule has 7 heteroatoms. The van der Waals surface area contributed by atoms with Gasteiger partial charge in [-0.05, 0) is 47.4 Å². The summed E-state index contributed by atoms with van der Waals surface area (Å²) < 4.78 is 33.7. The lowest BCUT2D eigenvalue weighted by molar-refractivity contribution is -0.132. The lowest BCUT2D eigenvalue weighted by atomic mass is 9.93. The number of anilines is 1. The average Bonchev–Trinajstić information content (AvgIpc) is 3.09. The minimum absolute atomic E-state index is 0.0586. The Morgan fingerprint density at radius 1 is 1.00 bits per heavy atom. The summed E-state index contributed by atoms with van der Waals surface area (Å²) in [5.74, 6) is -3.48. The summed E-state index contributed by atoms with van der Waals surface area (Å²) in [4.78, 5) is 27.2.